The van der Waals surface area contributed by atoms with E-state index < -0.39 is 5.24 Å². The number of hydrogen-bond donors (Lipinski definition) is 0. The van der Waals surface area contributed by atoms with E-state index in [0.29, 0.717) is 5.56 Å². The average molecular weight is 154 g/mol. The van der Waals surface area contributed by atoms with Crippen molar-refractivity contribution in [2.45, 2.75) is 6.92 Å². The minimum atomic E-state index is -0.399. The van der Waals surface area contributed by atoms with Gasteiger partial charge in [-0.2, -0.15) is 0 Å². The Bertz CT molecular complexity index is 255. The summed E-state index contributed by atoms with van der Waals surface area (Å²) in [5.74, 6) is 0. The van der Waals surface area contributed by atoms with Gasteiger partial charge in [-0.05, 0) is 24.6 Å². The van der Waals surface area contributed by atoms with Crippen LogP contribution in [-0.2, 0) is 0 Å². The molecule has 0 saturated heterocycles. The molecule has 52 valence electrons. The van der Waals surface area contributed by atoms with Crippen molar-refractivity contribution >= 4 is 16.8 Å². The van der Waals surface area contributed by atoms with Crippen LogP contribution in [0.4, 0.5) is 0 Å². The average Bonchev–Trinajstić information content (AvgIpc) is 1.88. The standard InChI is InChI=1S/C8H7ClO/c1-6-3-2-4-7(5-6)8(9)10/h2-5H,1H3/i9+0. The fourth-order valence-electron chi connectivity index (χ4n) is 0.767. The molecule has 0 aliphatic heterocycles. The zero-order valence-corrected chi connectivity index (χ0v) is 6.35. The minimum Gasteiger partial charge on any atom is -0.276 e. The first-order chi connectivity index (χ1) is 4.70. The number of aryl methyl sites for hydroxylation is 1. The Morgan fingerprint density at radius 3 is 2.60 bits per heavy atom. The second-order valence-electron chi connectivity index (χ2n) is 2.14. The van der Waals surface area contributed by atoms with Crippen molar-refractivity contribution in [3.05, 3.63) is 35.4 Å². The maximum Gasteiger partial charge on any atom is 0.252 e. The molecule has 0 radical (unpaired) electrons. The molecule has 0 heterocycles. The summed E-state index contributed by atoms with van der Waals surface area (Å²) in [5.41, 5.74) is 1.60. The van der Waals surface area contributed by atoms with Gasteiger partial charge in [-0.1, -0.05) is 23.8 Å². The fraction of sp³-hybridized carbons (Fsp3) is 0.125. The molecule has 0 aromatic heterocycles. The van der Waals surface area contributed by atoms with Crippen molar-refractivity contribution < 1.29 is 4.79 Å². The summed E-state index contributed by atoms with van der Waals surface area (Å²) in [7, 11) is 0. The highest BCUT2D eigenvalue weighted by Gasteiger charge is 1.98. The first-order valence-electron chi connectivity index (χ1n) is 2.96. The van der Waals surface area contributed by atoms with Gasteiger partial charge in [0.05, 0.1) is 0 Å². The van der Waals surface area contributed by atoms with E-state index >= 15 is 0 Å². The predicted molar refractivity (Wildman–Crippen MR) is 41.4 cm³/mol. The van der Waals surface area contributed by atoms with Crippen LogP contribution in [0.25, 0.3) is 0 Å². The molecule has 1 aromatic rings. The quantitative estimate of drug-likeness (QED) is 0.567. The maximum absolute atomic E-state index is 10.6. The molecule has 0 saturated carbocycles. The molecule has 0 aliphatic carbocycles. The summed E-state index contributed by atoms with van der Waals surface area (Å²) < 4.78 is 0. The zero-order valence-electron chi connectivity index (χ0n) is 5.60. The molecule has 1 rings (SSSR count). The van der Waals surface area contributed by atoms with Crippen LogP contribution in [-0.4, -0.2) is 5.24 Å². The van der Waals surface area contributed by atoms with Gasteiger partial charge in [0.1, 0.15) is 0 Å². The lowest BCUT2D eigenvalue weighted by atomic mass is 10.2. The molecule has 0 amide bonds. The lowest BCUT2D eigenvalue weighted by molar-refractivity contribution is 0.108. The molecular formula is C8H7ClO. The number of carbonyl (C=O) groups is 1. The topological polar surface area (TPSA) is 17.1 Å². The Labute approximate surface area is 64.6 Å². The van der Waals surface area contributed by atoms with Gasteiger partial charge in [0, 0.05) is 5.56 Å². The third kappa shape index (κ3) is 1.58. The summed E-state index contributed by atoms with van der Waals surface area (Å²) in [5, 5.41) is -0.399. The Morgan fingerprint density at radius 2 is 2.20 bits per heavy atom. The van der Waals surface area contributed by atoms with Crippen molar-refractivity contribution in [3.63, 3.8) is 0 Å². The number of benzene rings is 1. The number of rotatable bonds is 1. The Hall–Kier alpha value is -0.820. The van der Waals surface area contributed by atoms with E-state index in [9.17, 15) is 4.79 Å². The SMILES string of the molecule is Cc1cccc(C(=O)[35Cl])c1. The van der Waals surface area contributed by atoms with Crippen LogP contribution in [0, 0.1) is 6.92 Å². The Kier molecular flexibility index (Phi) is 2.07. The minimum absolute atomic E-state index is 0.399. The second-order valence-corrected chi connectivity index (χ2v) is 2.49. The van der Waals surface area contributed by atoms with E-state index in [0.717, 1.165) is 5.56 Å². The highest BCUT2D eigenvalue weighted by atomic mass is 35.0. The van der Waals surface area contributed by atoms with Gasteiger partial charge >= 0.3 is 0 Å². The summed E-state index contributed by atoms with van der Waals surface area (Å²) in [4.78, 5) is 10.6. The van der Waals surface area contributed by atoms with Crippen LogP contribution >= 0.6 is 11.6 Å². The molecule has 2 heteroatoms. The van der Waals surface area contributed by atoms with Crippen LogP contribution in [0.15, 0.2) is 24.3 Å². The highest BCUT2D eigenvalue weighted by Crippen LogP contribution is 2.05. The molecule has 10 heavy (non-hydrogen) atoms. The van der Waals surface area contributed by atoms with Crippen molar-refractivity contribution in [2.24, 2.45) is 0 Å². The molecule has 0 fully saturated rings. The van der Waals surface area contributed by atoms with E-state index in [1.54, 1.807) is 12.1 Å². The third-order valence-electron chi connectivity index (χ3n) is 1.25. The van der Waals surface area contributed by atoms with Gasteiger partial charge in [0.15, 0.2) is 0 Å². The van der Waals surface area contributed by atoms with Crippen LogP contribution in [0.3, 0.4) is 0 Å². The smallest absolute Gasteiger partial charge is 0.252 e. The molecule has 1 aromatic carbocycles. The molecule has 0 atom stereocenters. The highest BCUT2D eigenvalue weighted by molar-refractivity contribution is 6.67. The number of hydrogen-bond acceptors (Lipinski definition) is 1. The van der Waals surface area contributed by atoms with Crippen LogP contribution in [0.2, 0.25) is 0 Å². The third-order valence-corrected chi connectivity index (χ3v) is 1.46. The fourth-order valence-corrected chi connectivity index (χ4v) is 0.885. The van der Waals surface area contributed by atoms with E-state index in [1.807, 2.05) is 19.1 Å². The van der Waals surface area contributed by atoms with Crippen LogP contribution < -0.4 is 0 Å². The van der Waals surface area contributed by atoms with Gasteiger partial charge in [-0.25, -0.2) is 0 Å². The molecular weight excluding hydrogens is 147 g/mol. The van der Waals surface area contributed by atoms with E-state index in [4.69, 9.17) is 11.6 Å². The molecule has 0 aliphatic rings. The monoisotopic (exact) mass is 154 g/mol. The second kappa shape index (κ2) is 2.84. The molecule has 0 N–H and O–H groups in total. The van der Waals surface area contributed by atoms with Gasteiger partial charge < -0.3 is 0 Å². The Morgan fingerprint density at radius 1 is 1.50 bits per heavy atom. The predicted octanol–water partition coefficient (Wildman–Crippen LogP) is 2.37. The summed E-state index contributed by atoms with van der Waals surface area (Å²) >= 11 is 5.24. The van der Waals surface area contributed by atoms with Crippen molar-refractivity contribution in [3.8, 4) is 0 Å². The molecule has 0 unspecified atom stereocenters. The lowest BCUT2D eigenvalue weighted by Crippen LogP contribution is -1.87. The molecule has 0 bridgehead atoms. The summed E-state index contributed by atoms with van der Waals surface area (Å²) in [6.07, 6.45) is 0. The normalized spacial score (nSPS) is 9.40. The van der Waals surface area contributed by atoms with Gasteiger partial charge in [-0.3, -0.25) is 4.79 Å². The van der Waals surface area contributed by atoms with Crippen molar-refractivity contribution in [2.75, 3.05) is 0 Å². The van der Waals surface area contributed by atoms with Crippen molar-refractivity contribution in [1.82, 2.24) is 0 Å². The van der Waals surface area contributed by atoms with E-state index in [-0.39, 0.29) is 0 Å². The number of carbonyl (C=O) groups excluding carboxylic acids is 1. The largest absolute Gasteiger partial charge is 0.276 e. The van der Waals surface area contributed by atoms with Crippen LogP contribution in [0.1, 0.15) is 15.9 Å². The van der Waals surface area contributed by atoms with Gasteiger partial charge in [-0.15, -0.1) is 0 Å². The summed E-state index contributed by atoms with van der Waals surface area (Å²) in [6.45, 7) is 1.92. The lowest BCUT2D eigenvalue weighted by Gasteiger charge is -1.93. The van der Waals surface area contributed by atoms with E-state index in [1.165, 1.54) is 0 Å². The molecule has 1 nitrogen and oxygen atoms in total. The maximum atomic E-state index is 10.6. The zero-order chi connectivity index (χ0) is 7.56. The first-order valence-corrected chi connectivity index (χ1v) is 3.34. The molecule has 0 spiro atoms. The summed E-state index contributed by atoms with van der Waals surface area (Å²) in [6, 6.07) is 7.19. The van der Waals surface area contributed by atoms with Crippen LogP contribution in [0.5, 0.6) is 0 Å². The van der Waals surface area contributed by atoms with E-state index in [2.05, 4.69) is 0 Å². The first kappa shape index (κ1) is 7.29. The van der Waals surface area contributed by atoms with Gasteiger partial charge in [0.2, 0.25) is 0 Å². The van der Waals surface area contributed by atoms with Gasteiger partial charge in [0.25, 0.3) is 5.24 Å². The Balaban J connectivity index is 3.07. The van der Waals surface area contributed by atoms with Crippen molar-refractivity contribution in [1.29, 1.82) is 0 Å². The number of halogens is 1.